The number of rotatable bonds is 2. The van der Waals surface area contributed by atoms with Crippen molar-refractivity contribution in [2.45, 2.75) is 26.3 Å². The van der Waals surface area contributed by atoms with Crippen LogP contribution in [0.2, 0.25) is 0 Å². The highest BCUT2D eigenvalue weighted by molar-refractivity contribution is 5.98. The minimum absolute atomic E-state index is 0.229. The van der Waals surface area contributed by atoms with Crippen LogP contribution in [0.5, 0.6) is 0 Å². The normalized spacial score (nSPS) is 21.5. The second-order valence-corrected chi connectivity index (χ2v) is 5.99. The summed E-state index contributed by atoms with van der Waals surface area (Å²) in [5.74, 6) is 0.585. The molecule has 108 valence electrons. The summed E-state index contributed by atoms with van der Waals surface area (Å²) in [4.78, 5) is 6.62. The highest BCUT2D eigenvalue weighted by atomic mass is 15.4. The number of hydrogen-bond acceptors (Lipinski definition) is 3. The maximum Gasteiger partial charge on any atom is 0.196 e. The Hall–Kier alpha value is -2.29. The van der Waals surface area contributed by atoms with Gasteiger partial charge in [-0.25, -0.2) is 0 Å². The van der Waals surface area contributed by atoms with Crippen molar-refractivity contribution in [3.05, 3.63) is 65.2 Å². The molecule has 21 heavy (non-hydrogen) atoms. The SMILES string of the molecule is Cc1ccc(N2C(N)=NCC2(C)c2ccc(C)cc2)cc1. The molecule has 3 nitrogen and oxygen atoms in total. The number of aliphatic imine (C=N–C) groups is 1. The second-order valence-electron chi connectivity index (χ2n) is 5.99. The minimum atomic E-state index is -0.229. The van der Waals surface area contributed by atoms with Gasteiger partial charge in [-0.05, 0) is 38.5 Å². The summed E-state index contributed by atoms with van der Waals surface area (Å²) in [6.07, 6.45) is 0. The molecule has 0 bridgehead atoms. The van der Waals surface area contributed by atoms with Crippen LogP contribution in [0.3, 0.4) is 0 Å². The average Bonchev–Trinajstić information content (AvgIpc) is 2.78. The molecule has 0 fully saturated rings. The van der Waals surface area contributed by atoms with Gasteiger partial charge in [0.25, 0.3) is 0 Å². The molecule has 1 heterocycles. The van der Waals surface area contributed by atoms with E-state index in [-0.39, 0.29) is 5.54 Å². The molecule has 1 atom stereocenters. The number of anilines is 1. The Balaban J connectivity index is 2.05. The van der Waals surface area contributed by atoms with E-state index in [0.717, 1.165) is 5.69 Å². The van der Waals surface area contributed by atoms with Gasteiger partial charge in [0.05, 0.1) is 12.1 Å². The summed E-state index contributed by atoms with van der Waals surface area (Å²) < 4.78 is 0. The molecule has 0 saturated carbocycles. The Morgan fingerprint density at radius 3 is 2.05 bits per heavy atom. The Morgan fingerprint density at radius 1 is 0.952 bits per heavy atom. The van der Waals surface area contributed by atoms with Crippen LogP contribution in [0.1, 0.15) is 23.6 Å². The van der Waals surface area contributed by atoms with Crippen molar-refractivity contribution in [1.82, 2.24) is 0 Å². The summed E-state index contributed by atoms with van der Waals surface area (Å²) >= 11 is 0. The van der Waals surface area contributed by atoms with Crippen LogP contribution >= 0.6 is 0 Å². The molecular formula is C18H21N3. The summed E-state index contributed by atoms with van der Waals surface area (Å²) in [7, 11) is 0. The molecule has 1 unspecified atom stereocenters. The summed E-state index contributed by atoms with van der Waals surface area (Å²) in [6, 6.07) is 17.1. The highest BCUT2D eigenvalue weighted by Gasteiger charge is 2.40. The maximum absolute atomic E-state index is 6.17. The van der Waals surface area contributed by atoms with Gasteiger partial charge in [0.1, 0.15) is 0 Å². The zero-order valence-corrected chi connectivity index (χ0v) is 12.8. The molecule has 3 rings (SSSR count). The molecule has 3 heteroatoms. The van der Waals surface area contributed by atoms with E-state index in [0.29, 0.717) is 12.5 Å². The predicted octanol–water partition coefficient (Wildman–Crippen LogP) is 3.35. The van der Waals surface area contributed by atoms with Crippen molar-refractivity contribution in [3.63, 3.8) is 0 Å². The molecule has 2 aromatic rings. The van der Waals surface area contributed by atoms with Gasteiger partial charge in [-0.15, -0.1) is 0 Å². The van der Waals surface area contributed by atoms with Gasteiger partial charge < -0.3 is 10.6 Å². The fourth-order valence-electron chi connectivity index (χ4n) is 2.87. The molecule has 2 N–H and O–H groups in total. The first-order valence-corrected chi connectivity index (χ1v) is 7.25. The van der Waals surface area contributed by atoms with Crippen LogP contribution in [0.15, 0.2) is 53.5 Å². The van der Waals surface area contributed by atoms with Crippen LogP contribution in [-0.4, -0.2) is 12.5 Å². The van der Waals surface area contributed by atoms with Gasteiger partial charge in [0, 0.05) is 5.69 Å². The first-order valence-electron chi connectivity index (χ1n) is 7.25. The number of nitrogens with two attached hydrogens (primary N) is 1. The number of benzene rings is 2. The Morgan fingerprint density at radius 2 is 1.48 bits per heavy atom. The largest absolute Gasteiger partial charge is 0.369 e. The fraction of sp³-hybridized carbons (Fsp3) is 0.278. The van der Waals surface area contributed by atoms with Gasteiger partial charge in [-0.3, -0.25) is 4.99 Å². The fourth-order valence-corrected chi connectivity index (χ4v) is 2.87. The molecule has 0 aliphatic carbocycles. The van der Waals surface area contributed by atoms with Crippen molar-refractivity contribution >= 4 is 11.6 Å². The van der Waals surface area contributed by atoms with E-state index >= 15 is 0 Å². The Labute approximate surface area is 126 Å². The van der Waals surface area contributed by atoms with E-state index in [9.17, 15) is 0 Å². The molecule has 2 aromatic carbocycles. The summed E-state index contributed by atoms with van der Waals surface area (Å²) in [5.41, 5.74) is 10.8. The average molecular weight is 279 g/mol. The van der Waals surface area contributed by atoms with E-state index in [4.69, 9.17) is 5.73 Å². The van der Waals surface area contributed by atoms with Crippen LogP contribution in [-0.2, 0) is 5.54 Å². The maximum atomic E-state index is 6.17. The minimum Gasteiger partial charge on any atom is -0.369 e. The van der Waals surface area contributed by atoms with E-state index in [2.05, 4.69) is 79.2 Å². The third-order valence-corrected chi connectivity index (χ3v) is 4.24. The molecule has 0 radical (unpaired) electrons. The predicted molar refractivity (Wildman–Crippen MR) is 88.7 cm³/mol. The van der Waals surface area contributed by atoms with Crippen molar-refractivity contribution in [1.29, 1.82) is 0 Å². The molecule has 0 aromatic heterocycles. The van der Waals surface area contributed by atoms with Crippen LogP contribution in [0.25, 0.3) is 0 Å². The number of aryl methyl sites for hydroxylation is 2. The van der Waals surface area contributed by atoms with E-state index in [1.807, 2.05) is 0 Å². The quantitative estimate of drug-likeness (QED) is 0.916. The number of nitrogens with zero attached hydrogens (tertiary/aromatic N) is 2. The van der Waals surface area contributed by atoms with E-state index in [1.54, 1.807) is 0 Å². The monoisotopic (exact) mass is 279 g/mol. The Bertz CT molecular complexity index is 671. The van der Waals surface area contributed by atoms with Crippen LogP contribution in [0, 0.1) is 13.8 Å². The van der Waals surface area contributed by atoms with E-state index in [1.165, 1.54) is 16.7 Å². The molecule has 0 saturated heterocycles. The first kappa shape index (κ1) is 13.7. The summed E-state index contributed by atoms with van der Waals surface area (Å²) in [6.45, 7) is 7.06. The molecule has 1 aliphatic heterocycles. The van der Waals surface area contributed by atoms with Gasteiger partial charge in [-0.1, -0.05) is 47.5 Å². The van der Waals surface area contributed by atoms with Gasteiger partial charge in [0.15, 0.2) is 5.96 Å². The van der Waals surface area contributed by atoms with Crippen molar-refractivity contribution < 1.29 is 0 Å². The standard InChI is InChI=1S/C18H21N3/c1-13-4-8-15(9-5-13)18(3)12-20-17(19)21(18)16-10-6-14(2)7-11-16/h4-11H,12H2,1-3H3,(H2,19,20). The summed E-state index contributed by atoms with van der Waals surface area (Å²) in [5, 5.41) is 0. The zero-order valence-electron chi connectivity index (χ0n) is 12.8. The molecule has 0 spiro atoms. The van der Waals surface area contributed by atoms with Gasteiger partial charge in [-0.2, -0.15) is 0 Å². The third kappa shape index (κ3) is 2.29. The lowest BCUT2D eigenvalue weighted by Gasteiger charge is -2.36. The number of guanidine groups is 1. The lowest BCUT2D eigenvalue weighted by molar-refractivity contribution is 0.533. The Kier molecular flexibility index (Phi) is 3.20. The van der Waals surface area contributed by atoms with Crippen molar-refractivity contribution in [2.24, 2.45) is 10.7 Å². The third-order valence-electron chi connectivity index (χ3n) is 4.24. The molecular weight excluding hydrogens is 258 g/mol. The zero-order chi connectivity index (χ0) is 15.0. The highest BCUT2D eigenvalue weighted by Crippen LogP contribution is 2.36. The number of hydrogen-bond donors (Lipinski definition) is 1. The van der Waals surface area contributed by atoms with Crippen LogP contribution in [0.4, 0.5) is 5.69 Å². The molecule has 1 aliphatic rings. The second kappa shape index (κ2) is 4.92. The van der Waals surface area contributed by atoms with Gasteiger partial charge >= 0.3 is 0 Å². The lowest BCUT2D eigenvalue weighted by Crippen LogP contribution is -2.47. The molecule has 0 amide bonds. The van der Waals surface area contributed by atoms with Gasteiger partial charge in [0.2, 0.25) is 0 Å². The van der Waals surface area contributed by atoms with Crippen molar-refractivity contribution in [3.8, 4) is 0 Å². The van der Waals surface area contributed by atoms with Crippen LogP contribution < -0.4 is 10.6 Å². The smallest absolute Gasteiger partial charge is 0.196 e. The van der Waals surface area contributed by atoms with E-state index < -0.39 is 0 Å². The first-order chi connectivity index (χ1) is 10.0. The lowest BCUT2D eigenvalue weighted by atomic mass is 9.90. The van der Waals surface area contributed by atoms with Crippen molar-refractivity contribution in [2.75, 3.05) is 11.4 Å². The topological polar surface area (TPSA) is 41.6 Å².